The van der Waals surface area contributed by atoms with Crippen molar-refractivity contribution in [3.8, 4) is 17.2 Å². The Balaban J connectivity index is 1.52. The highest BCUT2D eigenvalue weighted by Crippen LogP contribution is 2.49. The first-order valence-electron chi connectivity index (χ1n) is 11.7. The molecular formula is C26H28N4O6. The second-order valence-electron chi connectivity index (χ2n) is 9.34. The first kappa shape index (κ1) is 23.7. The number of fused-ring (bicyclic) bond motifs is 5. The third-order valence-corrected chi connectivity index (χ3v) is 7.26. The van der Waals surface area contributed by atoms with E-state index in [-0.39, 0.29) is 24.6 Å². The summed E-state index contributed by atoms with van der Waals surface area (Å²) in [5.41, 5.74) is 5.74. The summed E-state index contributed by atoms with van der Waals surface area (Å²) in [5, 5.41) is 0.368. The van der Waals surface area contributed by atoms with Gasteiger partial charge < -0.3 is 24.8 Å². The molecule has 1 aromatic heterocycles. The quantitative estimate of drug-likeness (QED) is 0.521. The molecule has 2 N–H and O–H groups in total. The second kappa shape index (κ2) is 8.54. The number of carbonyl (C=O) groups is 2. The fourth-order valence-electron chi connectivity index (χ4n) is 5.50. The number of ether oxygens (including phenoxy) is 3. The lowest BCUT2D eigenvalue weighted by atomic mass is 9.73. The summed E-state index contributed by atoms with van der Waals surface area (Å²) < 4.78 is 18.5. The number of carbonyl (C=O) groups excluding carboxylic acids is 2. The molecule has 2 aliphatic rings. The smallest absolute Gasteiger partial charge is 0.261 e. The van der Waals surface area contributed by atoms with E-state index in [1.165, 1.54) is 23.7 Å². The number of aromatic nitrogens is 2. The van der Waals surface area contributed by atoms with Crippen LogP contribution in [0.5, 0.6) is 17.2 Å². The van der Waals surface area contributed by atoms with Crippen LogP contribution < -0.4 is 25.5 Å². The van der Waals surface area contributed by atoms with Gasteiger partial charge in [0.05, 0.1) is 25.1 Å². The maximum absolute atomic E-state index is 13.6. The molecule has 10 heteroatoms. The van der Waals surface area contributed by atoms with Crippen molar-refractivity contribution < 1.29 is 23.8 Å². The fraction of sp³-hybridized carbons (Fsp3) is 0.385. The molecule has 0 aliphatic carbocycles. The number of rotatable bonds is 6. The SMILES string of the molecule is COc1cc2nc(C)n(CCN3C(=O)[C@@H](C(N)=O)[C@H]4C[C@@]3(C)Oc3ccccc34)c(=O)c2cc1OC. The minimum atomic E-state index is -1.01. The monoisotopic (exact) mass is 492 g/mol. The molecule has 3 heterocycles. The van der Waals surface area contributed by atoms with Crippen LogP contribution in [0.2, 0.25) is 0 Å². The van der Waals surface area contributed by atoms with Gasteiger partial charge in [0.15, 0.2) is 17.2 Å². The van der Waals surface area contributed by atoms with Gasteiger partial charge in [0.1, 0.15) is 17.5 Å². The number of benzene rings is 2. The van der Waals surface area contributed by atoms with Gasteiger partial charge >= 0.3 is 0 Å². The number of piperidine rings is 1. The van der Waals surface area contributed by atoms with Gasteiger partial charge in [-0.2, -0.15) is 0 Å². The highest BCUT2D eigenvalue weighted by Gasteiger charge is 2.55. The van der Waals surface area contributed by atoms with Crippen LogP contribution >= 0.6 is 0 Å². The van der Waals surface area contributed by atoms with E-state index < -0.39 is 23.5 Å². The molecule has 0 spiro atoms. The Labute approximate surface area is 207 Å². The van der Waals surface area contributed by atoms with Gasteiger partial charge in [-0.25, -0.2) is 4.98 Å². The molecule has 5 rings (SSSR count). The highest BCUT2D eigenvalue weighted by atomic mass is 16.5. The number of aryl methyl sites for hydroxylation is 1. The standard InChI is InChI=1S/C26H28N4O6/c1-14-28-18-12-21(35-4)20(34-3)11-16(18)24(32)29(14)9-10-30-25(33)22(23(27)31)17-13-26(30,2)36-19-8-6-5-7-15(17)19/h5-8,11-12,17,22H,9-10,13H2,1-4H3,(H2,27,31)/t17-,22+,26+/m0/s1. The van der Waals surface area contributed by atoms with E-state index in [4.69, 9.17) is 19.9 Å². The topological polar surface area (TPSA) is 126 Å². The lowest BCUT2D eigenvalue weighted by molar-refractivity contribution is -0.175. The largest absolute Gasteiger partial charge is 0.493 e. The zero-order valence-corrected chi connectivity index (χ0v) is 20.6. The minimum Gasteiger partial charge on any atom is -0.493 e. The fourth-order valence-corrected chi connectivity index (χ4v) is 5.50. The van der Waals surface area contributed by atoms with E-state index in [9.17, 15) is 14.4 Å². The van der Waals surface area contributed by atoms with Gasteiger partial charge in [0.25, 0.3) is 5.56 Å². The Kier molecular flexibility index (Phi) is 5.61. The average Bonchev–Trinajstić information content (AvgIpc) is 2.84. The number of para-hydroxylation sites is 1. The summed E-state index contributed by atoms with van der Waals surface area (Å²) in [6, 6.07) is 10.7. The van der Waals surface area contributed by atoms with E-state index in [1.54, 1.807) is 19.1 Å². The molecule has 188 valence electrons. The highest BCUT2D eigenvalue weighted by molar-refractivity contribution is 6.01. The summed E-state index contributed by atoms with van der Waals surface area (Å²) >= 11 is 0. The molecule has 1 saturated heterocycles. The Bertz CT molecular complexity index is 1450. The van der Waals surface area contributed by atoms with Gasteiger partial charge in [-0.05, 0) is 31.5 Å². The number of methoxy groups -OCH3 is 2. The molecule has 1 fully saturated rings. The van der Waals surface area contributed by atoms with E-state index >= 15 is 0 Å². The van der Waals surface area contributed by atoms with E-state index in [0.29, 0.717) is 40.4 Å². The van der Waals surface area contributed by atoms with Crippen molar-refractivity contribution in [2.75, 3.05) is 20.8 Å². The van der Waals surface area contributed by atoms with Gasteiger partial charge in [-0.1, -0.05) is 18.2 Å². The second-order valence-corrected chi connectivity index (χ2v) is 9.34. The number of likely N-dealkylation sites (tertiary alicyclic amines) is 1. The molecule has 2 aromatic carbocycles. The average molecular weight is 493 g/mol. The molecule has 0 unspecified atom stereocenters. The van der Waals surface area contributed by atoms with E-state index in [0.717, 1.165) is 5.56 Å². The van der Waals surface area contributed by atoms with Gasteiger partial charge in [0.2, 0.25) is 11.8 Å². The Morgan fingerprint density at radius 1 is 1.17 bits per heavy atom. The normalized spacial score (nSPS) is 22.7. The molecule has 3 atom stereocenters. The van der Waals surface area contributed by atoms with Crippen molar-refractivity contribution in [2.24, 2.45) is 11.7 Å². The van der Waals surface area contributed by atoms with Crippen molar-refractivity contribution in [1.82, 2.24) is 14.5 Å². The van der Waals surface area contributed by atoms with E-state index in [2.05, 4.69) is 4.98 Å². The van der Waals surface area contributed by atoms with Crippen molar-refractivity contribution >= 4 is 22.7 Å². The molecule has 2 bridgehead atoms. The van der Waals surface area contributed by atoms with Gasteiger partial charge in [-0.15, -0.1) is 0 Å². The van der Waals surface area contributed by atoms with Crippen molar-refractivity contribution in [3.05, 3.63) is 58.1 Å². The molecule has 2 amide bonds. The lowest BCUT2D eigenvalue weighted by Gasteiger charge is -2.52. The molecule has 36 heavy (non-hydrogen) atoms. The summed E-state index contributed by atoms with van der Waals surface area (Å²) in [7, 11) is 3.01. The maximum Gasteiger partial charge on any atom is 0.261 e. The molecule has 0 saturated carbocycles. The first-order valence-corrected chi connectivity index (χ1v) is 11.7. The maximum atomic E-state index is 13.6. The number of hydrogen-bond donors (Lipinski definition) is 1. The van der Waals surface area contributed by atoms with Gasteiger partial charge in [0, 0.05) is 31.5 Å². The predicted octanol–water partition coefficient (Wildman–Crippen LogP) is 1.95. The zero-order valence-electron chi connectivity index (χ0n) is 20.6. The minimum absolute atomic E-state index is 0.134. The van der Waals surface area contributed by atoms with Crippen molar-refractivity contribution in [2.45, 2.75) is 38.5 Å². The van der Waals surface area contributed by atoms with Crippen LogP contribution in [0.1, 0.15) is 30.7 Å². The van der Waals surface area contributed by atoms with Crippen LogP contribution in [0.25, 0.3) is 10.9 Å². The summed E-state index contributed by atoms with van der Waals surface area (Å²) in [6.45, 7) is 3.85. The van der Waals surface area contributed by atoms with Crippen LogP contribution in [0.15, 0.2) is 41.2 Å². The van der Waals surface area contributed by atoms with Gasteiger partial charge in [-0.3, -0.25) is 19.0 Å². The van der Waals surface area contributed by atoms with Crippen LogP contribution in [0.4, 0.5) is 0 Å². The van der Waals surface area contributed by atoms with Crippen LogP contribution in [0, 0.1) is 12.8 Å². The Hall–Kier alpha value is -4.08. The summed E-state index contributed by atoms with van der Waals surface area (Å²) in [6.07, 6.45) is 0.421. The molecule has 0 radical (unpaired) electrons. The zero-order chi connectivity index (χ0) is 25.8. The van der Waals surface area contributed by atoms with Crippen LogP contribution in [-0.2, 0) is 16.1 Å². The predicted molar refractivity (Wildman–Crippen MR) is 131 cm³/mol. The van der Waals surface area contributed by atoms with Crippen molar-refractivity contribution in [1.29, 1.82) is 0 Å². The number of hydrogen-bond acceptors (Lipinski definition) is 7. The summed E-state index contributed by atoms with van der Waals surface area (Å²) in [4.78, 5) is 45.5. The molecule has 2 aliphatic heterocycles. The van der Waals surface area contributed by atoms with Crippen molar-refractivity contribution in [3.63, 3.8) is 0 Å². The third kappa shape index (κ3) is 3.55. The first-order chi connectivity index (χ1) is 17.2. The molecule has 10 nitrogen and oxygen atoms in total. The summed E-state index contributed by atoms with van der Waals surface area (Å²) in [5.74, 6) is -0.444. The number of primary amides is 1. The van der Waals surface area contributed by atoms with Crippen LogP contribution in [-0.4, -0.2) is 52.8 Å². The van der Waals surface area contributed by atoms with E-state index in [1.807, 2.05) is 31.2 Å². The Morgan fingerprint density at radius 3 is 2.56 bits per heavy atom. The molecule has 3 aromatic rings. The number of nitrogens with two attached hydrogens (primary N) is 1. The van der Waals surface area contributed by atoms with Crippen LogP contribution in [0.3, 0.4) is 0 Å². The lowest BCUT2D eigenvalue weighted by Crippen LogP contribution is -2.65. The third-order valence-electron chi connectivity index (χ3n) is 7.26. The molecular weight excluding hydrogens is 464 g/mol. The number of amides is 2. The Morgan fingerprint density at radius 2 is 1.86 bits per heavy atom. The number of nitrogens with zero attached hydrogens (tertiary/aromatic N) is 3.